The van der Waals surface area contributed by atoms with Crippen molar-refractivity contribution in [3.8, 4) is 0 Å². The molecule has 31 heavy (non-hydrogen) atoms. The second-order valence-electron chi connectivity index (χ2n) is 7.58. The van der Waals surface area contributed by atoms with Gasteiger partial charge in [0.05, 0.1) is 25.2 Å². The lowest BCUT2D eigenvalue weighted by Gasteiger charge is -2.25. The van der Waals surface area contributed by atoms with Crippen molar-refractivity contribution >= 4 is 37.2 Å². The Morgan fingerprint density at radius 1 is 1.35 bits per heavy atom. The van der Waals surface area contributed by atoms with Crippen molar-refractivity contribution in [3.05, 3.63) is 17.3 Å². The van der Waals surface area contributed by atoms with Gasteiger partial charge in [-0.3, -0.25) is 9.13 Å². The maximum absolute atomic E-state index is 11.9. The number of nitrogens with zero attached hydrogens (tertiary/aromatic N) is 4. The molecule has 0 N–H and O–H groups in total. The molecule has 0 saturated carbocycles. The van der Waals surface area contributed by atoms with E-state index in [1.807, 2.05) is 0 Å². The zero-order valence-electron chi connectivity index (χ0n) is 17.4. The summed E-state index contributed by atoms with van der Waals surface area (Å²) in [6.45, 7) is 7.14. The molecule has 2 aromatic rings. The maximum atomic E-state index is 11.9. The second kappa shape index (κ2) is 8.65. The molecule has 4 heterocycles. The number of carbonyl (C=O) groups excluding carboxylic acids is 1. The molecule has 1 unspecified atom stereocenters. The number of esters is 1. The summed E-state index contributed by atoms with van der Waals surface area (Å²) in [5.41, 5.74) is 1.73. The monoisotopic (exact) mass is 472 g/mol. The molecule has 0 aromatic carbocycles. The highest BCUT2D eigenvalue weighted by molar-refractivity contribution is 7.26. The van der Waals surface area contributed by atoms with E-state index in [2.05, 4.69) is 15.0 Å². The number of imidazole rings is 1. The largest absolute Gasteiger partial charge is 0.463 e. The van der Waals surface area contributed by atoms with Crippen LogP contribution in [0, 0.1) is 6.92 Å². The molecular weight excluding hydrogens is 451 g/mol. The Bertz CT molecular complexity index is 1000. The van der Waals surface area contributed by atoms with E-state index < -0.39 is 50.6 Å². The molecule has 0 aliphatic carbocycles. The van der Waals surface area contributed by atoms with Crippen molar-refractivity contribution in [2.24, 2.45) is 0 Å². The Labute approximate surface area is 184 Å². The van der Waals surface area contributed by atoms with Crippen LogP contribution in [0.1, 0.15) is 32.7 Å². The van der Waals surface area contributed by atoms with Gasteiger partial charge in [0, 0.05) is 0 Å². The Balaban J connectivity index is 1.59. The van der Waals surface area contributed by atoms with E-state index in [4.69, 9.17) is 35.3 Å². The molecule has 2 fully saturated rings. The predicted octanol–water partition coefficient (Wildman–Crippen LogP) is 2.40. The van der Waals surface area contributed by atoms with E-state index in [9.17, 15) is 9.36 Å². The summed E-state index contributed by atoms with van der Waals surface area (Å²) < 4.78 is 41.8. The molecule has 0 bridgehead atoms. The van der Waals surface area contributed by atoms with Gasteiger partial charge in [0.25, 0.3) is 0 Å². The van der Waals surface area contributed by atoms with Crippen LogP contribution in [0.5, 0.6) is 0 Å². The van der Waals surface area contributed by atoms with E-state index in [1.165, 1.54) is 0 Å². The number of aromatic nitrogens is 4. The number of halogens is 1. The molecule has 0 radical (unpaired) electrons. The van der Waals surface area contributed by atoms with Gasteiger partial charge in [-0.25, -0.2) is 14.8 Å². The van der Waals surface area contributed by atoms with E-state index >= 15 is 0 Å². The van der Waals surface area contributed by atoms with Gasteiger partial charge in [-0.05, 0) is 39.3 Å². The molecule has 5 atom stereocenters. The van der Waals surface area contributed by atoms with Gasteiger partial charge < -0.3 is 23.7 Å². The van der Waals surface area contributed by atoms with Gasteiger partial charge in [-0.2, -0.15) is 4.98 Å². The summed E-state index contributed by atoms with van der Waals surface area (Å²) in [6.07, 6.45) is -0.657. The molecule has 4 rings (SSSR count). The zero-order chi connectivity index (χ0) is 22.3. The topological polar surface area (TPSA) is 124 Å². The van der Waals surface area contributed by atoms with Gasteiger partial charge in [-0.1, -0.05) is 0 Å². The third-order valence-corrected chi connectivity index (χ3v) is 5.69. The normalized spacial score (nSPS) is 28.2. The van der Waals surface area contributed by atoms with Crippen LogP contribution in [0.2, 0.25) is 5.28 Å². The first-order valence-electron chi connectivity index (χ1n) is 9.72. The lowest BCUT2D eigenvalue weighted by molar-refractivity contribution is -0.203. The fourth-order valence-electron chi connectivity index (χ4n) is 3.77. The highest BCUT2D eigenvalue weighted by Gasteiger charge is 2.56. The Kier molecular flexibility index (Phi) is 6.26. The summed E-state index contributed by atoms with van der Waals surface area (Å²) >= 11 is 6.05. The van der Waals surface area contributed by atoms with Crippen molar-refractivity contribution in [3.63, 3.8) is 0 Å². The molecule has 13 heteroatoms. The number of hydrogen-bond donors (Lipinski definition) is 0. The standard InChI is InChI=1S/C18H22ClN4O7P/c1-5-26-15(24)16(31-25)27-6-9-11-12(30-18(3,4)29-11)14(28-9)23-7-20-10-8(2)21-17(19)22-13(10)23/h7,9,11-12,14,16H,5-6H2,1-4H3/t9-,11-,12-,14-,16?/m1/s1. The van der Waals surface area contributed by atoms with Crippen LogP contribution in [0.4, 0.5) is 0 Å². The van der Waals surface area contributed by atoms with Crippen LogP contribution in [-0.2, 0) is 33.0 Å². The van der Waals surface area contributed by atoms with Crippen LogP contribution in [-0.4, -0.2) is 68.6 Å². The first kappa shape index (κ1) is 22.4. The Morgan fingerprint density at radius 3 is 2.81 bits per heavy atom. The zero-order valence-corrected chi connectivity index (χ0v) is 19.0. The average Bonchev–Trinajstić information content (AvgIpc) is 3.34. The molecule has 2 saturated heterocycles. The van der Waals surface area contributed by atoms with Crippen LogP contribution in [0.3, 0.4) is 0 Å². The number of ether oxygens (including phenoxy) is 5. The summed E-state index contributed by atoms with van der Waals surface area (Å²) in [5, 5.41) is 0.0943. The number of fused-ring (bicyclic) bond motifs is 2. The molecule has 11 nitrogen and oxygen atoms in total. The van der Waals surface area contributed by atoms with Gasteiger partial charge >= 0.3 is 5.97 Å². The van der Waals surface area contributed by atoms with E-state index in [1.54, 1.807) is 38.6 Å². The minimum absolute atomic E-state index is 0.0583. The quantitative estimate of drug-likeness (QED) is 0.337. The average molecular weight is 473 g/mol. The Morgan fingerprint density at radius 2 is 2.10 bits per heavy atom. The number of rotatable bonds is 7. The predicted molar refractivity (Wildman–Crippen MR) is 107 cm³/mol. The van der Waals surface area contributed by atoms with Crippen molar-refractivity contribution in [1.29, 1.82) is 0 Å². The van der Waals surface area contributed by atoms with Gasteiger partial charge in [0.15, 0.2) is 26.1 Å². The molecule has 2 aromatic heterocycles. The fraction of sp³-hybridized carbons (Fsp3) is 0.667. The summed E-state index contributed by atoms with van der Waals surface area (Å²) in [5.74, 6) is -2.82. The number of aryl methyl sites for hydroxylation is 1. The fourth-order valence-corrected chi connectivity index (χ4v) is 4.28. The molecule has 0 spiro atoms. The van der Waals surface area contributed by atoms with E-state index in [0.717, 1.165) is 0 Å². The number of carbonyl (C=O) groups is 1. The van der Waals surface area contributed by atoms with E-state index in [0.29, 0.717) is 16.9 Å². The lowest BCUT2D eigenvalue weighted by Crippen LogP contribution is -2.35. The number of hydrogen-bond acceptors (Lipinski definition) is 10. The molecular formula is C18H22ClN4O7P. The minimum atomic E-state index is -1.25. The smallest absolute Gasteiger partial charge is 0.347 e. The highest BCUT2D eigenvalue weighted by Crippen LogP contribution is 2.44. The van der Waals surface area contributed by atoms with Crippen LogP contribution >= 0.6 is 20.1 Å². The van der Waals surface area contributed by atoms with E-state index in [-0.39, 0.29) is 18.5 Å². The molecule has 0 amide bonds. The van der Waals surface area contributed by atoms with Crippen molar-refractivity contribution in [2.45, 2.75) is 63.9 Å². The summed E-state index contributed by atoms with van der Waals surface area (Å²) in [4.78, 5) is 24.7. The highest BCUT2D eigenvalue weighted by atomic mass is 35.5. The summed E-state index contributed by atoms with van der Waals surface area (Å²) in [7, 11) is -0.502. The lowest BCUT2D eigenvalue weighted by atomic mass is 10.1. The third kappa shape index (κ3) is 4.30. The van der Waals surface area contributed by atoms with Crippen molar-refractivity contribution in [1.82, 2.24) is 19.5 Å². The van der Waals surface area contributed by atoms with Crippen LogP contribution < -0.4 is 0 Å². The second-order valence-corrected chi connectivity index (χ2v) is 8.59. The summed E-state index contributed by atoms with van der Waals surface area (Å²) in [6, 6.07) is 0. The first-order chi connectivity index (χ1) is 14.7. The van der Waals surface area contributed by atoms with Crippen molar-refractivity contribution in [2.75, 3.05) is 13.2 Å². The first-order valence-corrected chi connectivity index (χ1v) is 11.0. The molecule has 2 aliphatic heterocycles. The van der Waals surface area contributed by atoms with Crippen LogP contribution in [0.15, 0.2) is 6.33 Å². The minimum Gasteiger partial charge on any atom is -0.463 e. The van der Waals surface area contributed by atoms with Crippen LogP contribution in [0.25, 0.3) is 11.2 Å². The maximum Gasteiger partial charge on any atom is 0.347 e. The van der Waals surface area contributed by atoms with Gasteiger partial charge in [0.1, 0.15) is 23.8 Å². The SMILES string of the molecule is CCOC(=O)C(OC[C@H]1O[C@@H](n2cnc3c(C)nc(Cl)nc32)[C@@H]2OC(C)(C)O[C@@H]21)P=O. The van der Waals surface area contributed by atoms with Gasteiger partial charge in [0.2, 0.25) is 11.1 Å². The molecule has 2 aliphatic rings. The Hall–Kier alpha value is -1.75. The van der Waals surface area contributed by atoms with Crippen molar-refractivity contribution < 1.29 is 33.0 Å². The van der Waals surface area contributed by atoms with Gasteiger partial charge in [-0.15, -0.1) is 0 Å². The molecule has 168 valence electrons. The third-order valence-electron chi connectivity index (χ3n) is 4.97.